The van der Waals surface area contributed by atoms with Crippen LogP contribution in [0, 0.1) is 6.92 Å². The van der Waals surface area contributed by atoms with Gasteiger partial charge < -0.3 is 5.11 Å². The smallest absolute Gasteiger partial charge is 0.271 e. The number of amides is 1. The lowest BCUT2D eigenvalue weighted by Crippen LogP contribution is -2.18. The van der Waals surface area contributed by atoms with E-state index in [-0.39, 0.29) is 10.6 Å². The maximum absolute atomic E-state index is 12.4. The number of hydrogen-bond donors (Lipinski definition) is 3. The molecule has 0 saturated carbocycles. The number of anilines is 1. The first-order chi connectivity index (χ1) is 14.2. The average Bonchev–Trinajstić information content (AvgIpc) is 2.71. The van der Waals surface area contributed by atoms with Crippen molar-refractivity contribution < 1.29 is 18.3 Å². The molecule has 154 valence electrons. The normalized spacial score (nSPS) is 11.4. The first-order valence-corrected chi connectivity index (χ1v) is 11.0. The van der Waals surface area contributed by atoms with Crippen LogP contribution < -0.4 is 10.1 Å². The van der Waals surface area contributed by atoms with Crippen LogP contribution in [0.3, 0.4) is 0 Å². The van der Waals surface area contributed by atoms with Gasteiger partial charge in [-0.05, 0) is 61.5 Å². The Morgan fingerprint density at radius 2 is 1.70 bits per heavy atom. The van der Waals surface area contributed by atoms with Gasteiger partial charge in [0.1, 0.15) is 5.75 Å². The molecule has 0 spiro atoms. The van der Waals surface area contributed by atoms with Crippen molar-refractivity contribution in [3.8, 4) is 5.75 Å². The Hall–Kier alpha value is -3.17. The van der Waals surface area contributed by atoms with Crippen LogP contribution in [0.4, 0.5) is 5.69 Å². The molecule has 0 saturated heterocycles. The van der Waals surface area contributed by atoms with E-state index in [4.69, 9.17) is 0 Å². The maximum atomic E-state index is 12.4. The van der Waals surface area contributed by atoms with Crippen LogP contribution >= 0.6 is 15.9 Å². The molecular weight excluding hydrogens is 470 g/mol. The fourth-order valence-electron chi connectivity index (χ4n) is 2.47. The number of hydrogen-bond acceptors (Lipinski definition) is 5. The van der Waals surface area contributed by atoms with Crippen molar-refractivity contribution in [2.24, 2.45) is 5.10 Å². The number of aromatic hydroxyl groups is 1. The van der Waals surface area contributed by atoms with E-state index in [9.17, 15) is 18.3 Å². The summed E-state index contributed by atoms with van der Waals surface area (Å²) in [7, 11) is -3.72. The zero-order valence-electron chi connectivity index (χ0n) is 15.8. The molecular formula is C21H18BrN3O4S. The molecule has 0 aliphatic rings. The summed E-state index contributed by atoms with van der Waals surface area (Å²) in [6.45, 7) is 1.87. The molecule has 30 heavy (non-hydrogen) atoms. The minimum Gasteiger partial charge on any atom is -0.507 e. The topological polar surface area (TPSA) is 108 Å². The summed E-state index contributed by atoms with van der Waals surface area (Å²) in [4.78, 5) is 12.4. The van der Waals surface area contributed by atoms with Gasteiger partial charge in [0.05, 0.1) is 11.1 Å². The van der Waals surface area contributed by atoms with E-state index in [0.717, 1.165) is 10.0 Å². The van der Waals surface area contributed by atoms with Gasteiger partial charge in [-0.15, -0.1) is 0 Å². The number of phenolic OH excluding ortho intramolecular Hbond substituents is 1. The minimum atomic E-state index is -3.72. The number of carbonyl (C=O) groups is 1. The van der Waals surface area contributed by atoms with Crippen molar-refractivity contribution in [3.63, 3.8) is 0 Å². The second kappa shape index (κ2) is 9.10. The van der Waals surface area contributed by atoms with Gasteiger partial charge >= 0.3 is 0 Å². The number of aryl methyl sites for hydroxylation is 1. The minimum absolute atomic E-state index is 0.0291. The van der Waals surface area contributed by atoms with Crippen LogP contribution in [0.15, 0.2) is 81.2 Å². The summed E-state index contributed by atoms with van der Waals surface area (Å²) in [6, 6.07) is 17.3. The second-order valence-corrected chi connectivity index (χ2v) is 9.00. The first kappa shape index (κ1) is 21.5. The number of phenols is 1. The molecule has 3 N–H and O–H groups in total. The molecule has 0 fully saturated rings. The molecule has 3 aromatic carbocycles. The quantitative estimate of drug-likeness (QED) is 0.360. The Morgan fingerprint density at radius 1 is 1.03 bits per heavy atom. The standard InChI is InChI=1S/C21H18BrN3O4S/c1-14-2-9-19(10-3-14)30(28,29)25-18-7-4-15(5-8-18)21(27)24-23-13-16-12-17(22)6-11-20(16)26/h2-13,25-26H,1H3,(H,24,27)/b23-13-. The number of halogens is 1. The highest BCUT2D eigenvalue weighted by Gasteiger charge is 2.14. The van der Waals surface area contributed by atoms with Gasteiger partial charge in [-0.2, -0.15) is 5.10 Å². The van der Waals surface area contributed by atoms with Crippen LogP contribution in [-0.2, 0) is 10.0 Å². The maximum Gasteiger partial charge on any atom is 0.271 e. The van der Waals surface area contributed by atoms with Gasteiger partial charge in [0, 0.05) is 21.3 Å². The molecule has 0 aromatic heterocycles. The summed E-state index contributed by atoms with van der Waals surface area (Å²) in [5, 5.41) is 13.6. The highest BCUT2D eigenvalue weighted by Crippen LogP contribution is 2.20. The molecule has 0 unspecified atom stereocenters. The molecule has 1 amide bonds. The third-order valence-corrected chi connectivity index (χ3v) is 5.98. The van der Waals surface area contributed by atoms with Crippen molar-refractivity contribution in [1.82, 2.24) is 5.43 Å². The van der Waals surface area contributed by atoms with E-state index < -0.39 is 15.9 Å². The lowest BCUT2D eigenvalue weighted by Gasteiger charge is -2.09. The number of carbonyl (C=O) groups excluding carboxylic acids is 1. The fraction of sp³-hybridized carbons (Fsp3) is 0.0476. The van der Waals surface area contributed by atoms with Gasteiger partial charge in [-0.3, -0.25) is 9.52 Å². The Balaban J connectivity index is 1.64. The van der Waals surface area contributed by atoms with Gasteiger partial charge in [0.25, 0.3) is 15.9 Å². The average molecular weight is 488 g/mol. The molecule has 7 nitrogen and oxygen atoms in total. The Kier molecular flexibility index (Phi) is 6.53. The van der Waals surface area contributed by atoms with Crippen molar-refractivity contribution in [2.75, 3.05) is 4.72 Å². The van der Waals surface area contributed by atoms with Crippen LogP contribution in [0.5, 0.6) is 5.75 Å². The van der Waals surface area contributed by atoms with Gasteiger partial charge in [0.2, 0.25) is 0 Å². The molecule has 3 rings (SSSR count). The summed E-state index contributed by atoms with van der Waals surface area (Å²) >= 11 is 3.29. The summed E-state index contributed by atoms with van der Waals surface area (Å²) < 4.78 is 28.1. The van der Waals surface area contributed by atoms with Gasteiger partial charge in [-0.1, -0.05) is 33.6 Å². The Labute approximate surface area is 182 Å². The van der Waals surface area contributed by atoms with Gasteiger partial charge in [0.15, 0.2) is 0 Å². The highest BCUT2D eigenvalue weighted by molar-refractivity contribution is 9.10. The molecule has 0 aliphatic carbocycles. The van der Waals surface area contributed by atoms with Crippen LogP contribution in [0.2, 0.25) is 0 Å². The van der Waals surface area contributed by atoms with Crippen molar-refractivity contribution in [1.29, 1.82) is 0 Å². The third kappa shape index (κ3) is 5.46. The van der Waals surface area contributed by atoms with Crippen molar-refractivity contribution in [2.45, 2.75) is 11.8 Å². The molecule has 0 atom stereocenters. The molecule has 3 aromatic rings. The monoisotopic (exact) mass is 487 g/mol. The van der Waals surface area contributed by atoms with Crippen LogP contribution in [-0.4, -0.2) is 25.6 Å². The number of hydrazone groups is 1. The first-order valence-electron chi connectivity index (χ1n) is 8.76. The number of nitrogens with one attached hydrogen (secondary N) is 2. The lowest BCUT2D eigenvalue weighted by molar-refractivity contribution is 0.0955. The predicted octanol–water partition coefficient (Wildman–Crippen LogP) is 4.03. The lowest BCUT2D eigenvalue weighted by atomic mass is 10.2. The van der Waals surface area contributed by atoms with Crippen LogP contribution in [0.1, 0.15) is 21.5 Å². The summed E-state index contributed by atoms with van der Waals surface area (Å²) in [5.74, 6) is -0.449. The van der Waals surface area contributed by atoms with E-state index >= 15 is 0 Å². The molecule has 0 heterocycles. The number of nitrogens with zero attached hydrogens (tertiary/aromatic N) is 1. The zero-order chi connectivity index (χ0) is 21.7. The second-order valence-electron chi connectivity index (χ2n) is 6.40. The van der Waals surface area contributed by atoms with Gasteiger partial charge in [-0.25, -0.2) is 13.8 Å². The molecule has 9 heteroatoms. The van der Waals surface area contributed by atoms with Crippen molar-refractivity contribution in [3.05, 3.63) is 87.9 Å². The fourth-order valence-corrected chi connectivity index (χ4v) is 3.91. The number of benzene rings is 3. The number of sulfonamides is 1. The summed E-state index contributed by atoms with van der Waals surface area (Å²) in [5.41, 5.74) is 4.38. The number of rotatable bonds is 6. The molecule has 0 bridgehead atoms. The van der Waals surface area contributed by atoms with E-state index in [1.807, 2.05) is 6.92 Å². The predicted molar refractivity (Wildman–Crippen MR) is 119 cm³/mol. The van der Waals surface area contributed by atoms with Crippen molar-refractivity contribution >= 4 is 43.8 Å². The SMILES string of the molecule is Cc1ccc(S(=O)(=O)Nc2ccc(C(=O)N/N=C\c3cc(Br)ccc3O)cc2)cc1. The van der Waals surface area contributed by atoms with E-state index in [1.165, 1.54) is 48.7 Å². The van der Waals surface area contributed by atoms with E-state index in [1.54, 1.807) is 24.3 Å². The highest BCUT2D eigenvalue weighted by atomic mass is 79.9. The molecule has 0 radical (unpaired) electrons. The van der Waals surface area contributed by atoms with Crippen LogP contribution in [0.25, 0.3) is 0 Å². The largest absolute Gasteiger partial charge is 0.507 e. The van der Waals surface area contributed by atoms with E-state index in [0.29, 0.717) is 16.8 Å². The third-order valence-electron chi connectivity index (χ3n) is 4.09. The Bertz CT molecular complexity index is 1190. The zero-order valence-corrected chi connectivity index (χ0v) is 18.2. The van der Waals surface area contributed by atoms with E-state index in [2.05, 4.69) is 31.2 Å². The summed E-state index contributed by atoms with van der Waals surface area (Å²) in [6.07, 6.45) is 1.32. The molecule has 0 aliphatic heterocycles. The Morgan fingerprint density at radius 3 is 2.37 bits per heavy atom.